The van der Waals surface area contributed by atoms with Crippen LogP contribution in [0.25, 0.3) is 11.0 Å². The van der Waals surface area contributed by atoms with Gasteiger partial charge in [0.2, 0.25) is 0 Å². The summed E-state index contributed by atoms with van der Waals surface area (Å²) in [5, 5.41) is 0.763. The molecule has 0 saturated carbocycles. The third-order valence-electron chi connectivity index (χ3n) is 4.04. The van der Waals surface area contributed by atoms with E-state index in [0.717, 1.165) is 27.2 Å². The minimum Gasteiger partial charge on any atom is -0.462 e. The number of Topliss-reactive ketones (excluding diaryl/α,β-unsaturated/α-hetero) is 1. The predicted octanol–water partition coefficient (Wildman–Crippen LogP) is 4.97. The molecule has 0 unspecified atom stereocenters. The normalized spacial score (nSPS) is 10.9. The molecule has 3 rings (SSSR count). The fourth-order valence-corrected chi connectivity index (χ4v) is 3.95. The van der Waals surface area contributed by atoms with Crippen LogP contribution in [0.3, 0.4) is 0 Å². The number of ether oxygens (including phenoxy) is 1. The number of esters is 1. The fraction of sp³-hybridized carbons (Fsp3) is 0.250. The zero-order valence-corrected chi connectivity index (χ0v) is 17.5. The summed E-state index contributed by atoms with van der Waals surface area (Å²) in [6.45, 7) is 4.87. The smallest absolute Gasteiger partial charge is 0.338 e. The van der Waals surface area contributed by atoms with Crippen molar-refractivity contribution in [2.24, 2.45) is 0 Å². The zero-order valence-electron chi connectivity index (χ0n) is 15.1. The van der Waals surface area contributed by atoms with Crippen LogP contribution in [0.2, 0.25) is 0 Å². The average Bonchev–Trinajstić information content (AvgIpc) is 3.03. The van der Waals surface area contributed by atoms with Crippen LogP contribution in [-0.4, -0.2) is 33.7 Å². The molecule has 140 valence electrons. The number of imidazole rings is 1. The number of nitrogens with zero attached hydrogens (tertiary/aromatic N) is 2. The quantitative estimate of drug-likeness (QED) is 0.291. The molecule has 0 N–H and O–H groups in total. The number of hydrogen-bond acceptors (Lipinski definition) is 5. The molecule has 0 aliphatic rings. The first-order chi connectivity index (χ1) is 13.0. The molecule has 0 atom stereocenters. The summed E-state index contributed by atoms with van der Waals surface area (Å²) in [5.74, 6) is -0.00475. The maximum absolute atomic E-state index is 12.4. The Bertz CT molecular complexity index is 983. The number of carbonyl (C=O) groups is 2. The lowest BCUT2D eigenvalue weighted by Gasteiger charge is -2.06. The summed E-state index contributed by atoms with van der Waals surface area (Å²) >= 11 is 4.78. The first-order valence-corrected chi connectivity index (χ1v) is 10.4. The SMILES string of the molecule is CCOC(=O)c1ccc2c(c1)nc(SCC(=O)c1ccc(Br)cc1)n2CC. The molecule has 0 saturated heterocycles. The first-order valence-electron chi connectivity index (χ1n) is 8.62. The van der Waals surface area contributed by atoms with Gasteiger partial charge in [-0.1, -0.05) is 39.8 Å². The van der Waals surface area contributed by atoms with Gasteiger partial charge in [-0.05, 0) is 44.2 Å². The molecule has 0 aliphatic carbocycles. The molecule has 0 fully saturated rings. The topological polar surface area (TPSA) is 61.2 Å². The van der Waals surface area contributed by atoms with E-state index in [1.54, 1.807) is 31.2 Å². The van der Waals surface area contributed by atoms with E-state index in [4.69, 9.17) is 4.74 Å². The summed E-state index contributed by atoms with van der Waals surface area (Å²) in [4.78, 5) is 29.0. The van der Waals surface area contributed by atoms with Crippen molar-refractivity contribution < 1.29 is 14.3 Å². The van der Waals surface area contributed by atoms with Gasteiger partial charge < -0.3 is 9.30 Å². The Hall–Kier alpha value is -2.12. The molecule has 7 heteroatoms. The third-order valence-corrected chi connectivity index (χ3v) is 5.54. The number of ketones is 1. The molecular formula is C20H19BrN2O3S. The summed E-state index contributed by atoms with van der Waals surface area (Å²) < 4.78 is 8.04. The van der Waals surface area contributed by atoms with E-state index in [9.17, 15) is 9.59 Å². The second kappa shape index (κ2) is 8.71. The van der Waals surface area contributed by atoms with Crippen molar-refractivity contribution in [2.75, 3.05) is 12.4 Å². The maximum atomic E-state index is 12.4. The maximum Gasteiger partial charge on any atom is 0.338 e. The lowest BCUT2D eigenvalue weighted by atomic mass is 10.2. The second-order valence-corrected chi connectivity index (χ2v) is 7.64. The van der Waals surface area contributed by atoms with E-state index in [0.29, 0.717) is 23.5 Å². The largest absolute Gasteiger partial charge is 0.462 e. The van der Waals surface area contributed by atoms with Gasteiger partial charge in [-0.2, -0.15) is 0 Å². The van der Waals surface area contributed by atoms with Crippen LogP contribution in [0.1, 0.15) is 34.6 Å². The van der Waals surface area contributed by atoms with Crippen molar-refractivity contribution in [1.29, 1.82) is 0 Å². The standard InChI is InChI=1S/C20H19BrN2O3S/c1-3-23-17-10-7-14(19(25)26-4-2)11-16(17)22-20(23)27-12-18(24)13-5-8-15(21)9-6-13/h5-11H,3-4,12H2,1-2H3. The van der Waals surface area contributed by atoms with Gasteiger partial charge in [0.05, 0.1) is 29.0 Å². The lowest BCUT2D eigenvalue weighted by Crippen LogP contribution is -2.04. The molecular weight excluding hydrogens is 428 g/mol. The van der Waals surface area contributed by atoms with Crippen LogP contribution in [0, 0.1) is 0 Å². The minimum atomic E-state index is -0.356. The van der Waals surface area contributed by atoms with E-state index < -0.39 is 0 Å². The highest BCUT2D eigenvalue weighted by Gasteiger charge is 2.15. The Morgan fingerprint density at radius 3 is 2.48 bits per heavy atom. The van der Waals surface area contributed by atoms with Crippen molar-refractivity contribution in [2.45, 2.75) is 25.5 Å². The van der Waals surface area contributed by atoms with Gasteiger partial charge in [-0.3, -0.25) is 4.79 Å². The van der Waals surface area contributed by atoms with E-state index >= 15 is 0 Å². The van der Waals surface area contributed by atoms with Gasteiger partial charge in [-0.25, -0.2) is 9.78 Å². The Labute approximate surface area is 170 Å². The molecule has 0 bridgehead atoms. The average molecular weight is 447 g/mol. The highest BCUT2D eigenvalue weighted by Crippen LogP contribution is 2.26. The van der Waals surface area contributed by atoms with Crippen LogP contribution < -0.4 is 0 Å². The molecule has 27 heavy (non-hydrogen) atoms. The van der Waals surface area contributed by atoms with Crippen molar-refractivity contribution in [3.63, 3.8) is 0 Å². The van der Waals surface area contributed by atoms with Crippen LogP contribution >= 0.6 is 27.7 Å². The Balaban J connectivity index is 1.82. The van der Waals surface area contributed by atoms with E-state index in [1.807, 2.05) is 29.7 Å². The Morgan fingerprint density at radius 1 is 1.11 bits per heavy atom. The predicted molar refractivity (Wildman–Crippen MR) is 111 cm³/mol. The molecule has 0 radical (unpaired) electrons. The lowest BCUT2D eigenvalue weighted by molar-refractivity contribution is 0.0526. The highest BCUT2D eigenvalue weighted by atomic mass is 79.9. The van der Waals surface area contributed by atoms with E-state index in [2.05, 4.69) is 20.9 Å². The van der Waals surface area contributed by atoms with E-state index in [-0.39, 0.29) is 11.8 Å². The van der Waals surface area contributed by atoms with Gasteiger partial charge in [0, 0.05) is 16.6 Å². The van der Waals surface area contributed by atoms with Crippen molar-refractivity contribution in [1.82, 2.24) is 9.55 Å². The van der Waals surface area contributed by atoms with E-state index in [1.165, 1.54) is 11.8 Å². The number of hydrogen-bond donors (Lipinski definition) is 0. The van der Waals surface area contributed by atoms with Gasteiger partial charge in [0.25, 0.3) is 0 Å². The number of fused-ring (bicyclic) bond motifs is 1. The molecule has 5 nitrogen and oxygen atoms in total. The number of aromatic nitrogens is 2. The number of thioether (sulfide) groups is 1. The number of rotatable bonds is 7. The first kappa shape index (κ1) is 19.6. The van der Waals surface area contributed by atoms with Crippen molar-refractivity contribution in [3.05, 3.63) is 58.1 Å². The highest BCUT2D eigenvalue weighted by molar-refractivity contribution is 9.10. The van der Waals surface area contributed by atoms with Crippen molar-refractivity contribution >= 4 is 50.5 Å². The Kier molecular flexibility index (Phi) is 6.34. The molecule has 0 aliphatic heterocycles. The molecule has 1 heterocycles. The number of benzene rings is 2. The summed E-state index contributed by atoms with van der Waals surface area (Å²) in [5.41, 5.74) is 2.81. The van der Waals surface area contributed by atoms with Gasteiger partial charge in [0.1, 0.15) is 0 Å². The summed E-state index contributed by atoms with van der Waals surface area (Å²) in [6, 6.07) is 12.7. The summed E-state index contributed by atoms with van der Waals surface area (Å²) in [7, 11) is 0. The van der Waals surface area contributed by atoms with Crippen LogP contribution in [0.5, 0.6) is 0 Å². The number of carbonyl (C=O) groups excluding carboxylic acids is 2. The Morgan fingerprint density at radius 2 is 1.81 bits per heavy atom. The van der Waals surface area contributed by atoms with Crippen LogP contribution in [-0.2, 0) is 11.3 Å². The van der Waals surface area contributed by atoms with Gasteiger partial charge >= 0.3 is 5.97 Å². The van der Waals surface area contributed by atoms with Gasteiger partial charge in [-0.15, -0.1) is 0 Å². The van der Waals surface area contributed by atoms with Gasteiger partial charge in [0.15, 0.2) is 10.9 Å². The molecule has 2 aromatic carbocycles. The molecule has 1 aromatic heterocycles. The monoisotopic (exact) mass is 446 g/mol. The number of halogens is 1. The molecule has 3 aromatic rings. The minimum absolute atomic E-state index is 0.0504. The fourth-order valence-electron chi connectivity index (χ4n) is 2.71. The summed E-state index contributed by atoms with van der Waals surface area (Å²) in [6.07, 6.45) is 0. The van der Waals surface area contributed by atoms with Crippen LogP contribution in [0.4, 0.5) is 0 Å². The molecule has 0 spiro atoms. The number of aryl methyl sites for hydroxylation is 1. The second-order valence-electron chi connectivity index (χ2n) is 5.78. The van der Waals surface area contributed by atoms with Crippen molar-refractivity contribution in [3.8, 4) is 0 Å². The third kappa shape index (κ3) is 4.42. The zero-order chi connectivity index (χ0) is 19.4. The van der Waals surface area contributed by atoms with Crippen LogP contribution in [0.15, 0.2) is 52.1 Å². The molecule has 0 amide bonds.